The Morgan fingerprint density at radius 3 is 2.76 bits per heavy atom. The van der Waals surface area contributed by atoms with Crippen molar-refractivity contribution in [3.63, 3.8) is 0 Å². The van der Waals surface area contributed by atoms with Crippen LogP contribution in [0, 0.1) is 0 Å². The Morgan fingerprint density at radius 1 is 1.14 bits per heavy atom. The number of benzene rings is 1. The standard InChI is InChI=1S/C17H19N3O/c21-17(19-11-16-7-3-4-9-18-16)13-20-10-8-14-5-1-2-6-15(14)12-20/h1-7,9H,8,10-13H2,(H,19,21). The molecule has 0 fully saturated rings. The second-order valence-electron chi connectivity index (χ2n) is 5.33. The quantitative estimate of drug-likeness (QED) is 0.929. The summed E-state index contributed by atoms with van der Waals surface area (Å²) in [5, 5.41) is 2.93. The minimum Gasteiger partial charge on any atom is -0.349 e. The molecule has 0 atom stereocenters. The lowest BCUT2D eigenvalue weighted by atomic mass is 10.00. The van der Waals surface area contributed by atoms with E-state index in [4.69, 9.17) is 0 Å². The zero-order valence-electron chi connectivity index (χ0n) is 12.0. The van der Waals surface area contributed by atoms with Gasteiger partial charge in [0.05, 0.1) is 18.8 Å². The van der Waals surface area contributed by atoms with Crippen molar-refractivity contribution in [2.45, 2.75) is 19.5 Å². The van der Waals surface area contributed by atoms with E-state index in [0.29, 0.717) is 13.1 Å². The van der Waals surface area contributed by atoms with Crippen LogP contribution in [-0.4, -0.2) is 28.9 Å². The lowest BCUT2D eigenvalue weighted by molar-refractivity contribution is -0.122. The van der Waals surface area contributed by atoms with Gasteiger partial charge in [-0.1, -0.05) is 30.3 Å². The summed E-state index contributed by atoms with van der Waals surface area (Å²) in [5.74, 6) is 0.0556. The van der Waals surface area contributed by atoms with Crippen LogP contribution in [0.2, 0.25) is 0 Å². The fourth-order valence-corrected chi connectivity index (χ4v) is 2.64. The van der Waals surface area contributed by atoms with Crippen molar-refractivity contribution in [1.29, 1.82) is 0 Å². The molecule has 2 heterocycles. The van der Waals surface area contributed by atoms with Gasteiger partial charge in [-0.2, -0.15) is 0 Å². The van der Waals surface area contributed by atoms with Gasteiger partial charge in [0, 0.05) is 19.3 Å². The maximum absolute atomic E-state index is 12.0. The number of nitrogens with zero attached hydrogens (tertiary/aromatic N) is 2. The smallest absolute Gasteiger partial charge is 0.234 e. The molecule has 0 radical (unpaired) electrons. The molecule has 4 heteroatoms. The Balaban J connectivity index is 1.50. The van der Waals surface area contributed by atoms with Crippen LogP contribution < -0.4 is 5.32 Å². The van der Waals surface area contributed by atoms with Crippen LogP contribution in [0.4, 0.5) is 0 Å². The molecule has 21 heavy (non-hydrogen) atoms. The third-order valence-electron chi connectivity index (χ3n) is 3.77. The van der Waals surface area contributed by atoms with E-state index in [2.05, 4.69) is 39.5 Å². The van der Waals surface area contributed by atoms with E-state index < -0.39 is 0 Å². The van der Waals surface area contributed by atoms with Gasteiger partial charge < -0.3 is 5.32 Å². The molecule has 1 N–H and O–H groups in total. The van der Waals surface area contributed by atoms with Gasteiger partial charge in [0.2, 0.25) is 5.91 Å². The van der Waals surface area contributed by atoms with Crippen LogP contribution in [0.15, 0.2) is 48.7 Å². The molecular formula is C17H19N3O. The minimum atomic E-state index is 0.0556. The molecule has 0 spiro atoms. The number of hydrogen-bond acceptors (Lipinski definition) is 3. The number of hydrogen-bond donors (Lipinski definition) is 1. The summed E-state index contributed by atoms with van der Waals surface area (Å²) >= 11 is 0. The Kier molecular flexibility index (Phi) is 4.26. The minimum absolute atomic E-state index is 0.0556. The van der Waals surface area contributed by atoms with E-state index in [9.17, 15) is 4.79 Å². The first-order chi connectivity index (χ1) is 10.3. The zero-order valence-corrected chi connectivity index (χ0v) is 12.0. The molecule has 4 nitrogen and oxygen atoms in total. The monoisotopic (exact) mass is 281 g/mol. The van der Waals surface area contributed by atoms with Crippen LogP contribution in [-0.2, 0) is 24.3 Å². The summed E-state index contributed by atoms with van der Waals surface area (Å²) in [5.41, 5.74) is 3.62. The number of rotatable bonds is 4. The highest BCUT2D eigenvalue weighted by atomic mass is 16.2. The number of aromatic nitrogens is 1. The SMILES string of the molecule is O=C(CN1CCc2ccccc2C1)NCc1ccccn1. The molecule has 0 saturated carbocycles. The molecule has 0 aliphatic carbocycles. The van der Waals surface area contributed by atoms with Crippen LogP contribution in [0.1, 0.15) is 16.8 Å². The van der Waals surface area contributed by atoms with E-state index >= 15 is 0 Å². The van der Waals surface area contributed by atoms with Crippen molar-refractivity contribution in [2.75, 3.05) is 13.1 Å². The summed E-state index contributed by atoms with van der Waals surface area (Å²) in [6.45, 7) is 2.73. The van der Waals surface area contributed by atoms with E-state index in [1.807, 2.05) is 18.2 Å². The van der Waals surface area contributed by atoms with Gasteiger partial charge in [-0.3, -0.25) is 14.7 Å². The van der Waals surface area contributed by atoms with E-state index in [1.165, 1.54) is 11.1 Å². The first-order valence-electron chi connectivity index (χ1n) is 7.27. The molecular weight excluding hydrogens is 262 g/mol. The number of fused-ring (bicyclic) bond motifs is 1. The third kappa shape index (κ3) is 3.67. The number of carbonyl (C=O) groups excluding carboxylic acids is 1. The van der Waals surface area contributed by atoms with Crippen LogP contribution >= 0.6 is 0 Å². The second-order valence-corrected chi connectivity index (χ2v) is 5.33. The Hall–Kier alpha value is -2.20. The van der Waals surface area contributed by atoms with E-state index in [-0.39, 0.29) is 5.91 Å². The first kappa shape index (κ1) is 13.8. The van der Waals surface area contributed by atoms with Gasteiger partial charge in [-0.25, -0.2) is 0 Å². The predicted octanol–water partition coefficient (Wildman–Crippen LogP) is 1.76. The molecule has 1 aliphatic rings. The number of pyridine rings is 1. The Labute approximate surface area is 124 Å². The van der Waals surface area contributed by atoms with Crippen LogP contribution in [0.25, 0.3) is 0 Å². The average Bonchev–Trinajstić information content (AvgIpc) is 2.54. The highest BCUT2D eigenvalue weighted by molar-refractivity contribution is 5.78. The molecule has 1 aromatic heterocycles. The first-order valence-corrected chi connectivity index (χ1v) is 7.27. The van der Waals surface area contributed by atoms with E-state index in [0.717, 1.165) is 25.2 Å². The third-order valence-corrected chi connectivity index (χ3v) is 3.77. The summed E-state index contributed by atoms with van der Waals surface area (Å²) in [6.07, 6.45) is 2.76. The van der Waals surface area contributed by atoms with Crippen LogP contribution in [0.5, 0.6) is 0 Å². The van der Waals surface area contributed by atoms with Gasteiger partial charge in [-0.15, -0.1) is 0 Å². The normalized spacial score (nSPS) is 14.5. The molecule has 2 aromatic rings. The number of carbonyl (C=O) groups is 1. The fraction of sp³-hybridized carbons (Fsp3) is 0.294. The van der Waals surface area contributed by atoms with Crippen LogP contribution in [0.3, 0.4) is 0 Å². The van der Waals surface area contributed by atoms with Crippen molar-refractivity contribution in [2.24, 2.45) is 0 Å². The largest absolute Gasteiger partial charge is 0.349 e. The topological polar surface area (TPSA) is 45.2 Å². The van der Waals surface area contributed by atoms with Crippen molar-refractivity contribution in [3.8, 4) is 0 Å². The highest BCUT2D eigenvalue weighted by Gasteiger charge is 2.17. The van der Waals surface area contributed by atoms with Crippen molar-refractivity contribution >= 4 is 5.91 Å². The molecule has 108 valence electrons. The lowest BCUT2D eigenvalue weighted by Gasteiger charge is -2.28. The van der Waals surface area contributed by atoms with Gasteiger partial charge in [0.25, 0.3) is 0 Å². The summed E-state index contributed by atoms with van der Waals surface area (Å²) in [6, 6.07) is 14.2. The van der Waals surface area contributed by atoms with Crippen molar-refractivity contribution in [3.05, 3.63) is 65.5 Å². The fourth-order valence-electron chi connectivity index (χ4n) is 2.64. The molecule has 0 bridgehead atoms. The second kappa shape index (κ2) is 6.50. The van der Waals surface area contributed by atoms with Gasteiger partial charge in [0.15, 0.2) is 0 Å². The summed E-state index contributed by atoms with van der Waals surface area (Å²) in [4.78, 5) is 18.4. The predicted molar refractivity (Wildman–Crippen MR) is 81.5 cm³/mol. The molecule has 0 saturated heterocycles. The Morgan fingerprint density at radius 2 is 1.95 bits per heavy atom. The summed E-state index contributed by atoms with van der Waals surface area (Å²) in [7, 11) is 0. The maximum atomic E-state index is 12.0. The van der Waals surface area contributed by atoms with Gasteiger partial charge >= 0.3 is 0 Å². The molecule has 1 aromatic carbocycles. The number of amides is 1. The molecule has 1 amide bonds. The molecule has 3 rings (SSSR count). The average molecular weight is 281 g/mol. The van der Waals surface area contributed by atoms with Gasteiger partial charge in [0.1, 0.15) is 0 Å². The Bertz CT molecular complexity index is 612. The number of nitrogens with one attached hydrogen (secondary N) is 1. The van der Waals surface area contributed by atoms with E-state index in [1.54, 1.807) is 6.20 Å². The molecule has 1 aliphatic heterocycles. The summed E-state index contributed by atoms with van der Waals surface area (Å²) < 4.78 is 0. The lowest BCUT2D eigenvalue weighted by Crippen LogP contribution is -2.39. The van der Waals surface area contributed by atoms with Crippen molar-refractivity contribution in [1.82, 2.24) is 15.2 Å². The zero-order chi connectivity index (χ0) is 14.5. The highest BCUT2D eigenvalue weighted by Crippen LogP contribution is 2.17. The maximum Gasteiger partial charge on any atom is 0.234 e. The van der Waals surface area contributed by atoms with Crippen molar-refractivity contribution < 1.29 is 4.79 Å². The van der Waals surface area contributed by atoms with Gasteiger partial charge in [-0.05, 0) is 29.7 Å². The molecule has 0 unspecified atom stereocenters.